The van der Waals surface area contributed by atoms with Crippen molar-refractivity contribution in [3.8, 4) is 0 Å². The zero-order valence-electron chi connectivity index (χ0n) is 19.1. The number of aliphatic hydroxyl groups is 1. The Bertz CT molecular complexity index is 1460. The number of hydrogen-bond acceptors (Lipinski definition) is 6. The number of halogens is 1. The Morgan fingerprint density at radius 3 is 2.60 bits per heavy atom. The molecule has 0 saturated heterocycles. The molecule has 2 aromatic heterocycles. The van der Waals surface area contributed by atoms with Gasteiger partial charge in [-0.25, -0.2) is 0 Å². The molecule has 7 nitrogen and oxygen atoms in total. The largest absolute Gasteiger partial charge is 0.503 e. The second kappa shape index (κ2) is 9.03. The lowest BCUT2D eigenvalue weighted by Crippen LogP contribution is -2.30. The van der Waals surface area contributed by atoms with Crippen LogP contribution in [-0.4, -0.2) is 40.8 Å². The average molecular weight is 532 g/mol. The van der Waals surface area contributed by atoms with Crippen molar-refractivity contribution in [1.29, 1.82) is 0 Å². The first-order valence-corrected chi connectivity index (χ1v) is 11.8. The maximum absolute atomic E-state index is 13.7. The van der Waals surface area contributed by atoms with E-state index in [9.17, 15) is 14.7 Å². The third-order valence-corrected chi connectivity index (χ3v) is 6.54. The lowest BCUT2D eigenvalue weighted by atomic mass is 9.94. The van der Waals surface area contributed by atoms with Crippen molar-refractivity contribution in [1.82, 2.24) is 9.88 Å². The SMILES string of the molecule is CN(C)c1ccc(C2C(C(=O)c3cc4cc(Br)ccc4o3)=C(O)C(=O)N2Cc2cccnc2)cc1. The fraction of sp³-hybridized carbons (Fsp3) is 0.148. The number of fused-ring (bicyclic) bond motifs is 1. The zero-order valence-corrected chi connectivity index (χ0v) is 20.7. The molecule has 4 aromatic rings. The van der Waals surface area contributed by atoms with Crippen LogP contribution < -0.4 is 4.90 Å². The van der Waals surface area contributed by atoms with Crippen LogP contribution in [0.1, 0.15) is 27.7 Å². The van der Waals surface area contributed by atoms with Crippen molar-refractivity contribution in [2.75, 3.05) is 19.0 Å². The molecule has 176 valence electrons. The van der Waals surface area contributed by atoms with Crippen LogP contribution >= 0.6 is 15.9 Å². The van der Waals surface area contributed by atoms with Gasteiger partial charge in [-0.15, -0.1) is 0 Å². The molecule has 0 aliphatic carbocycles. The van der Waals surface area contributed by atoms with Gasteiger partial charge in [0.2, 0.25) is 5.78 Å². The monoisotopic (exact) mass is 531 g/mol. The van der Waals surface area contributed by atoms with Crippen molar-refractivity contribution in [3.05, 3.63) is 106 Å². The lowest BCUT2D eigenvalue weighted by molar-refractivity contribution is -0.130. The molecule has 1 unspecified atom stereocenters. The molecule has 0 bridgehead atoms. The van der Waals surface area contributed by atoms with E-state index in [2.05, 4.69) is 20.9 Å². The van der Waals surface area contributed by atoms with Crippen molar-refractivity contribution in [3.63, 3.8) is 0 Å². The number of carbonyl (C=O) groups excluding carboxylic acids is 2. The van der Waals surface area contributed by atoms with Crippen molar-refractivity contribution in [2.24, 2.45) is 0 Å². The van der Waals surface area contributed by atoms with Gasteiger partial charge in [0, 0.05) is 48.6 Å². The quantitative estimate of drug-likeness (QED) is 0.333. The maximum atomic E-state index is 13.7. The minimum atomic E-state index is -0.786. The van der Waals surface area contributed by atoms with E-state index in [0.717, 1.165) is 21.1 Å². The van der Waals surface area contributed by atoms with Crippen LogP contribution in [0, 0.1) is 0 Å². The van der Waals surface area contributed by atoms with Crippen LogP contribution in [0.3, 0.4) is 0 Å². The normalized spacial score (nSPS) is 15.8. The van der Waals surface area contributed by atoms with Crippen molar-refractivity contribution < 1.29 is 19.1 Å². The first kappa shape index (κ1) is 22.9. The van der Waals surface area contributed by atoms with Crippen LogP contribution in [0.15, 0.2) is 93.3 Å². The number of carbonyl (C=O) groups is 2. The molecule has 0 fully saturated rings. The number of furan rings is 1. The van der Waals surface area contributed by atoms with Gasteiger partial charge < -0.3 is 19.3 Å². The molecule has 1 amide bonds. The third-order valence-electron chi connectivity index (χ3n) is 6.05. The molecule has 0 spiro atoms. The Kier molecular flexibility index (Phi) is 5.90. The summed E-state index contributed by atoms with van der Waals surface area (Å²) >= 11 is 3.42. The summed E-state index contributed by atoms with van der Waals surface area (Å²) in [6, 6.07) is 17.5. The Labute approximate surface area is 210 Å². The number of benzene rings is 2. The Morgan fingerprint density at radius 2 is 1.91 bits per heavy atom. The summed E-state index contributed by atoms with van der Waals surface area (Å²) < 4.78 is 6.66. The molecule has 8 heteroatoms. The molecule has 3 heterocycles. The Morgan fingerprint density at radius 1 is 1.14 bits per heavy atom. The molecule has 0 saturated carbocycles. The molecule has 0 radical (unpaired) electrons. The van der Waals surface area contributed by atoms with Crippen LogP contribution in [0.25, 0.3) is 11.0 Å². The molecular weight excluding hydrogens is 510 g/mol. The van der Waals surface area contributed by atoms with Gasteiger partial charge in [0.25, 0.3) is 5.91 Å². The fourth-order valence-corrected chi connectivity index (χ4v) is 4.68. The first-order chi connectivity index (χ1) is 16.8. The summed E-state index contributed by atoms with van der Waals surface area (Å²) in [5, 5.41) is 11.7. The number of nitrogens with zero attached hydrogens (tertiary/aromatic N) is 3. The van der Waals surface area contributed by atoms with Gasteiger partial charge in [0.05, 0.1) is 11.6 Å². The fourth-order valence-electron chi connectivity index (χ4n) is 4.30. The van der Waals surface area contributed by atoms with Gasteiger partial charge in [-0.05, 0) is 53.6 Å². The topological polar surface area (TPSA) is 86.9 Å². The van der Waals surface area contributed by atoms with E-state index in [1.54, 1.807) is 30.6 Å². The summed E-state index contributed by atoms with van der Waals surface area (Å²) in [6.45, 7) is 0.181. The molecule has 2 aromatic carbocycles. The number of amides is 1. The van der Waals surface area contributed by atoms with Crippen LogP contribution in [-0.2, 0) is 11.3 Å². The number of hydrogen-bond donors (Lipinski definition) is 1. The molecule has 1 atom stereocenters. The van der Waals surface area contributed by atoms with Gasteiger partial charge in [0.15, 0.2) is 11.5 Å². The highest BCUT2D eigenvalue weighted by Crippen LogP contribution is 2.41. The molecule has 35 heavy (non-hydrogen) atoms. The van der Waals surface area contributed by atoms with E-state index in [4.69, 9.17) is 4.42 Å². The minimum Gasteiger partial charge on any atom is -0.503 e. The van der Waals surface area contributed by atoms with Gasteiger partial charge in [-0.1, -0.05) is 34.1 Å². The summed E-state index contributed by atoms with van der Waals surface area (Å²) in [4.78, 5) is 34.5. The number of pyridine rings is 1. The first-order valence-electron chi connectivity index (χ1n) is 11.0. The summed E-state index contributed by atoms with van der Waals surface area (Å²) in [5.74, 6) is -1.65. The number of Topliss-reactive ketones (excluding diaryl/α,β-unsaturated/α-hetero) is 1. The molecule has 1 aliphatic rings. The van der Waals surface area contributed by atoms with Gasteiger partial charge in [0.1, 0.15) is 5.58 Å². The van der Waals surface area contributed by atoms with E-state index in [1.165, 1.54) is 4.90 Å². The summed E-state index contributed by atoms with van der Waals surface area (Å²) in [5.41, 5.74) is 3.00. The molecule has 1 N–H and O–H groups in total. The van der Waals surface area contributed by atoms with Crippen molar-refractivity contribution >= 4 is 44.3 Å². The Hall–Kier alpha value is -3.91. The summed E-state index contributed by atoms with van der Waals surface area (Å²) in [7, 11) is 3.87. The van der Waals surface area contributed by atoms with Crippen LogP contribution in [0.2, 0.25) is 0 Å². The van der Waals surface area contributed by atoms with Gasteiger partial charge in [-0.2, -0.15) is 0 Å². The van der Waals surface area contributed by atoms with Gasteiger partial charge >= 0.3 is 0 Å². The Balaban J connectivity index is 1.59. The zero-order chi connectivity index (χ0) is 24.7. The number of ketones is 1. The number of anilines is 1. The highest BCUT2D eigenvalue weighted by Gasteiger charge is 2.44. The number of aliphatic hydroxyl groups excluding tert-OH is 1. The van der Waals surface area contributed by atoms with E-state index in [1.807, 2.05) is 61.5 Å². The molecular formula is C27H22BrN3O4. The van der Waals surface area contributed by atoms with E-state index >= 15 is 0 Å². The minimum absolute atomic E-state index is 0.00499. The number of rotatable bonds is 6. The third kappa shape index (κ3) is 4.21. The standard InChI is InChI=1S/C27H22BrN3O4/c1-30(2)20-8-5-17(6-9-20)24-23(25(32)22-13-18-12-19(28)7-10-21(18)35-22)26(33)27(34)31(24)15-16-4-3-11-29-14-16/h3-14,24,33H,15H2,1-2H3. The smallest absolute Gasteiger partial charge is 0.290 e. The van der Waals surface area contributed by atoms with Gasteiger partial charge in [-0.3, -0.25) is 14.6 Å². The predicted molar refractivity (Wildman–Crippen MR) is 136 cm³/mol. The molecule has 1 aliphatic heterocycles. The number of aromatic nitrogens is 1. The average Bonchev–Trinajstić information content (AvgIpc) is 3.38. The highest BCUT2D eigenvalue weighted by molar-refractivity contribution is 9.10. The van der Waals surface area contributed by atoms with Crippen molar-refractivity contribution in [2.45, 2.75) is 12.6 Å². The van der Waals surface area contributed by atoms with E-state index in [-0.39, 0.29) is 17.9 Å². The maximum Gasteiger partial charge on any atom is 0.290 e. The van der Waals surface area contributed by atoms with E-state index in [0.29, 0.717) is 11.1 Å². The predicted octanol–water partition coefficient (Wildman–Crippen LogP) is 5.43. The summed E-state index contributed by atoms with van der Waals surface area (Å²) in [6.07, 6.45) is 3.31. The second-order valence-corrected chi connectivity index (χ2v) is 9.48. The highest BCUT2D eigenvalue weighted by atomic mass is 79.9. The molecule has 5 rings (SSSR count). The van der Waals surface area contributed by atoms with Crippen LogP contribution in [0.4, 0.5) is 5.69 Å². The van der Waals surface area contributed by atoms with E-state index < -0.39 is 23.5 Å². The van der Waals surface area contributed by atoms with Crippen LogP contribution in [0.5, 0.6) is 0 Å². The lowest BCUT2D eigenvalue weighted by Gasteiger charge is -2.27. The second-order valence-electron chi connectivity index (χ2n) is 8.57.